The minimum absolute atomic E-state index is 0.0762. The molecule has 0 atom stereocenters. The molecule has 0 amide bonds. The molecule has 19 heavy (non-hydrogen) atoms. The van der Waals surface area contributed by atoms with E-state index in [9.17, 15) is 5.11 Å². The van der Waals surface area contributed by atoms with Crippen molar-refractivity contribution in [3.8, 4) is 23.0 Å². The standard InChI is InChI=1S/C14H10IN3O/c15-11-6-4-10(5-7-11)12-9-14(19)18(17-12)13-3-1-2-8-16-13/h1-9,19H. The summed E-state index contributed by atoms with van der Waals surface area (Å²) < 4.78 is 2.59. The van der Waals surface area contributed by atoms with Gasteiger partial charge in [-0.1, -0.05) is 18.2 Å². The molecule has 0 aliphatic heterocycles. The van der Waals surface area contributed by atoms with Crippen molar-refractivity contribution < 1.29 is 5.11 Å². The van der Waals surface area contributed by atoms with E-state index in [1.807, 2.05) is 36.4 Å². The summed E-state index contributed by atoms with van der Waals surface area (Å²) in [6.07, 6.45) is 1.67. The van der Waals surface area contributed by atoms with E-state index in [1.165, 1.54) is 4.68 Å². The Morgan fingerprint density at radius 3 is 2.53 bits per heavy atom. The van der Waals surface area contributed by atoms with Gasteiger partial charge in [-0.05, 0) is 46.9 Å². The molecular formula is C14H10IN3O. The van der Waals surface area contributed by atoms with E-state index in [0.717, 1.165) is 14.8 Å². The third-order valence-corrected chi connectivity index (χ3v) is 3.42. The summed E-state index contributed by atoms with van der Waals surface area (Å²) in [5, 5.41) is 14.3. The third kappa shape index (κ3) is 2.46. The van der Waals surface area contributed by atoms with Crippen molar-refractivity contribution in [1.82, 2.24) is 14.8 Å². The number of halogens is 1. The van der Waals surface area contributed by atoms with Gasteiger partial charge >= 0.3 is 0 Å². The normalized spacial score (nSPS) is 10.6. The van der Waals surface area contributed by atoms with Gasteiger partial charge in [-0.2, -0.15) is 9.78 Å². The highest BCUT2D eigenvalue weighted by atomic mass is 127. The Hall–Kier alpha value is -1.89. The maximum atomic E-state index is 9.96. The summed E-state index contributed by atoms with van der Waals surface area (Å²) in [6, 6.07) is 15.1. The monoisotopic (exact) mass is 363 g/mol. The van der Waals surface area contributed by atoms with Gasteiger partial charge < -0.3 is 5.11 Å². The number of rotatable bonds is 2. The molecule has 0 radical (unpaired) electrons. The van der Waals surface area contributed by atoms with Crippen LogP contribution in [0.2, 0.25) is 0 Å². The van der Waals surface area contributed by atoms with E-state index >= 15 is 0 Å². The maximum Gasteiger partial charge on any atom is 0.216 e. The molecule has 0 saturated heterocycles. The van der Waals surface area contributed by atoms with Crippen LogP contribution in [-0.2, 0) is 0 Å². The van der Waals surface area contributed by atoms with E-state index in [0.29, 0.717) is 5.82 Å². The van der Waals surface area contributed by atoms with Crippen molar-refractivity contribution >= 4 is 22.6 Å². The van der Waals surface area contributed by atoms with Gasteiger partial charge in [-0.3, -0.25) is 0 Å². The molecule has 1 aromatic carbocycles. The molecule has 0 saturated carbocycles. The lowest BCUT2D eigenvalue weighted by molar-refractivity contribution is 0.432. The largest absolute Gasteiger partial charge is 0.493 e. The number of benzene rings is 1. The SMILES string of the molecule is Oc1cc(-c2ccc(I)cc2)nn1-c1ccccn1. The van der Waals surface area contributed by atoms with Crippen molar-refractivity contribution in [3.05, 3.63) is 58.3 Å². The Balaban J connectivity index is 2.04. The predicted molar refractivity (Wildman–Crippen MR) is 81.2 cm³/mol. The molecule has 0 spiro atoms. The Kier molecular flexibility index (Phi) is 3.20. The molecule has 2 heterocycles. The number of hydrogen-bond donors (Lipinski definition) is 1. The van der Waals surface area contributed by atoms with E-state index in [-0.39, 0.29) is 5.88 Å². The molecule has 0 aliphatic carbocycles. The summed E-state index contributed by atoms with van der Waals surface area (Å²) >= 11 is 2.25. The van der Waals surface area contributed by atoms with Crippen LogP contribution in [0.5, 0.6) is 5.88 Å². The van der Waals surface area contributed by atoms with E-state index < -0.39 is 0 Å². The van der Waals surface area contributed by atoms with Crippen LogP contribution in [0.3, 0.4) is 0 Å². The molecule has 5 heteroatoms. The van der Waals surface area contributed by atoms with Crippen LogP contribution in [0.15, 0.2) is 54.7 Å². The molecule has 0 bridgehead atoms. The Bertz CT molecular complexity index is 692. The second-order valence-corrected chi connectivity index (χ2v) is 5.24. The lowest BCUT2D eigenvalue weighted by Gasteiger charge is -2.00. The van der Waals surface area contributed by atoms with Gasteiger partial charge in [-0.15, -0.1) is 0 Å². The fourth-order valence-corrected chi connectivity index (χ4v) is 2.14. The number of pyridine rings is 1. The van der Waals surface area contributed by atoms with Crippen LogP contribution in [0.1, 0.15) is 0 Å². The predicted octanol–water partition coefficient (Wildman–Crippen LogP) is 3.24. The molecule has 0 fully saturated rings. The first-order valence-corrected chi connectivity index (χ1v) is 6.78. The highest BCUT2D eigenvalue weighted by molar-refractivity contribution is 14.1. The molecule has 0 aliphatic rings. The summed E-state index contributed by atoms with van der Waals surface area (Å²) in [4.78, 5) is 4.17. The summed E-state index contributed by atoms with van der Waals surface area (Å²) in [7, 11) is 0. The number of aromatic nitrogens is 3. The van der Waals surface area contributed by atoms with Crippen LogP contribution < -0.4 is 0 Å². The third-order valence-electron chi connectivity index (χ3n) is 2.70. The van der Waals surface area contributed by atoms with Crippen molar-refractivity contribution in [2.24, 2.45) is 0 Å². The van der Waals surface area contributed by atoms with Gasteiger partial charge in [-0.25, -0.2) is 4.98 Å². The van der Waals surface area contributed by atoms with Crippen molar-refractivity contribution in [2.75, 3.05) is 0 Å². The molecule has 1 N–H and O–H groups in total. The van der Waals surface area contributed by atoms with Crippen molar-refractivity contribution in [2.45, 2.75) is 0 Å². The maximum absolute atomic E-state index is 9.96. The van der Waals surface area contributed by atoms with Gasteiger partial charge in [0.15, 0.2) is 5.82 Å². The fraction of sp³-hybridized carbons (Fsp3) is 0. The van der Waals surface area contributed by atoms with Crippen LogP contribution in [0.4, 0.5) is 0 Å². The topological polar surface area (TPSA) is 50.9 Å². The zero-order valence-electron chi connectivity index (χ0n) is 9.86. The molecule has 2 aromatic heterocycles. The summed E-state index contributed by atoms with van der Waals surface area (Å²) in [5.41, 5.74) is 1.69. The zero-order valence-corrected chi connectivity index (χ0v) is 12.0. The van der Waals surface area contributed by atoms with E-state index in [1.54, 1.807) is 18.3 Å². The molecule has 3 aromatic rings. The van der Waals surface area contributed by atoms with Gasteiger partial charge in [0.2, 0.25) is 5.88 Å². The second-order valence-electron chi connectivity index (χ2n) is 3.99. The van der Waals surface area contributed by atoms with Crippen molar-refractivity contribution in [1.29, 1.82) is 0 Å². The molecule has 4 nitrogen and oxygen atoms in total. The Morgan fingerprint density at radius 2 is 1.84 bits per heavy atom. The first kappa shape index (κ1) is 12.2. The number of hydrogen-bond acceptors (Lipinski definition) is 3. The quantitative estimate of drug-likeness (QED) is 0.712. The van der Waals surface area contributed by atoms with Crippen LogP contribution in [0, 0.1) is 3.57 Å². The van der Waals surface area contributed by atoms with E-state index in [2.05, 4.69) is 32.7 Å². The fourth-order valence-electron chi connectivity index (χ4n) is 1.78. The Labute approximate surface area is 123 Å². The lowest BCUT2D eigenvalue weighted by atomic mass is 10.2. The second kappa shape index (κ2) is 5.00. The van der Waals surface area contributed by atoms with Gasteiger partial charge in [0.05, 0.1) is 5.69 Å². The van der Waals surface area contributed by atoms with Gasteiger partial charge in [0.1, 0.15) is 0 Å². The van der Waals surface area contributed by atoms with E-state index in [4.69, 9.17) is 0 Å². The van der Waals surface area contributed by atoms with Gasteiger partial charge in [0, 0.05) is 21.4 Å². The summed E-state index contributed by atoms with van der Waals surface area (Å²) in [5.74, 6) is 0.670. The average Bonchev–Trinajstić information content (AvgIpc) is 2.83. The zero-order chi connectivity index (χ0) is 13.2. The molecule has 0 unspecified atom stereocenters. The van der Waals surface area contributed by atoms with Crippen LogP contribution in [0.25, 0.3) is 17.1 Å². The smallest absolute Gasteiger partial charge is 0.216 e. The lowest BCUT2D eigenvalue weighted by Crippen LogP contribution is -1.98. The molecule has 3 rings (SSSR count). The minimum Gasteiger partial charge on any atom is -0.493 e. The molecule has 94 valence electrons. The average molecular weight is 363 g/mol. The van der Waals surface area contributed by atoms with Crippen LogP contribution >= 0.6 is 22.6 Å². The highest BCUT2D eigenvalue weighted by Gasteiger charge is 2.10. The highest BCUT2D eigenvalue weighted by Crippen LogP contribution is 2.25. The Morgan fingerprint density at radius 1 is 1.05 bits per heavy atom. The molecular weight excluding hydrogens is 353 g/mol. The van der Waals surface area contributed by atoms with Crippen LogP contribution in [-0.4, -0.2) is 19.9 Å². The number of aromatic hydroxyl groups is 1. The van der Waals surface area contributed by atoms with Gasteiger partial charge in [0.25, 0.3) is 0 Å². The minimum atomic E-state index is 0.0762. The number of nitrogens with zero attached hydrogens (tertiary/aromatic N) is 3. The first-order valence-electron chi connectivity index (χ1n) is 5.70. The van der Waals surface area contributed by atoms with Crippen molar-refractivity contribution in [3.63, 3.8) is 0 Å². The first-order chi connectivity index (χ1) is 9.24. The summed E-state index contributed by atoms with van der Waals surface area (Å²) in [6.45, 7) is 0.